The molecular weight excluding hydrogens is 554 g/mol. The number of nitrogens with zero attached hydrogens (tertiary/aromatic N) is 4. The summed E-state index contributed by atoms with van der Waals surface area (Å²) in [7, 11) is -2.67. The minimum absolute atomic E-state index is 0.0166. The summed E-state index contributed by atoms with van der Waals surface area (Å²) in [6, 6.07) is 14.9. The number of sulfonamides is 1. The maximum absolute atomic E-state index is 13.5. The third kappa shape index (κ3) is 7.37. The predicted octanol–water partition coefficient (Wildman–Crippen LogP) is 4.80. The van der Waals surface area contributed by atoms with Gasteiger partial charge >= 0.3 is 0 Å². The van der Waals surface area contributed by atoms with Crippen LogP contribution >= 0.6 is 11.8 Å². The van der Waals surface area contributed by atoms with Crippen LogP contribution < -0.4 is 18.9 Å². The van der Waals surface area contributed by atoms with Crippen LogP contribution in [-0.2, 0) is 10.0 Å². The molecule has 0 radical (unpaired) electrons. The molecule has 0 amide bonds. The SMILES string of the molecule is COc1ccccc1Oc1c(NS(=O)(=O)c2ccc(SC(C)(C)C)cc2)nc(-c2ncccn2)nc1OCCO. The maximum Gasteiger partial charge on any atom is 0.263 e. The number of ether oxygens (including phenoxy) is 3. The van der Waals surface area contributed by atoms with Gasteiger partial charge in [0.15, 0.2) is 23.1 Å². The Morgan fingerprint density at radius 1 is 0.925 bits per heavy atom. The van der Waals surface area contributed by atoms with Gasteiger partial charge in [0, 0.05) is 22.0 Å². The number of para-hydroxylation sites is 2. The number of anilines is 1. The van der Waals surface area contributed by atoms with Gasteiger partial charge in [0.25, 0.3) is 15.9 Å². The van der Waals surface area contributed by atoms with Crippen LogP contribution in [0.15, 0.2) is 76.8 Å². The van der Waals surface area contributed by atoms with Crippen molar-refractivity contribution < 1.29 is 27.7 Å². The number of thioether (sulfide) groups is 1. The number of benzene rings is 2. The number of hydrogen-bond donors (Lipinski definition) is 2. The van der Waals surface area contributed by atoms with Crippen molar-refractivity contribution in [2.45, 2.75) is 35.3 Å². The fraction of sp³-hybridized carbons (Fsp3) is 0.259. The standard InChI is InChI=1S/C27H29N5O6S2/c1-27(2,3)39-18-10-12-19(13-11-18)40(34,35)32-23-22(38-21-9-6-5-8-20(21)36-4)26(37-17-16-33)31-25(30-23)24-28-14-7-15-29-24/h5-15,33H,16-17H2,1-4H3,(H,30,31,32). The minimum Gasteiger partial charge on any atom is -0.493 e. The van der Waals surface area contributed by atoms with Gasteiger partial charge in [0.2, 0.25) is 11.6 Å². The van der Waals surface area contributed by atoms with Gasteiger partial charge < -0.3 is 19.3 Å². The Morgan fingerprint density at radius 2 is 1.60 bits per heavy atom. The molecule has 2 aromatic heterocycles. The van der Waals surface area contributed by atoms with Gasteiger partial charge in [-0.05, 0) is 42.5 Å². The van der Waals surface area contributed by atoms with Gasteiger partial charge in [0.1, 0.15) is 6.61 Å². The molecule has 0 bridgehead atoms. The highest BCUT2D eigenvalue weighted by Gasteiger charge is 2.26. The molecule has 4 rings (SSSR count). The van der Waals surface area contributed by atoms with E-state index in [0.717, 1.165) is 4.90 Å². The van der Waals surface area contributed by atoms with Crippen molar-refractivity contribution in [3.8, 4) is 34.8 Å². The highest BCUT2D eigenvalue weighted by atomic mass is 32.2. The molecule has 0 aliphatic rings. The molecule has 0 saturated carbocycles. The van der Waals surface area contributed by atoms with Crippen LogP contribution in [0, 0.1) is 0 Å². The summed E-state index contributed by atoms with van der Waals surface area (Å²) in [6.07, 6.45) is 3.00. The van der Waals surface area contributed by atoms with Crippen molar-refractivity contribution in [3.05, 3.63) is 67.0 Å². The van der Waals surface area contributed by atoms with E-state index in [1.54, 1.807) is 54.2 Å². The normalized spacial score (nSPS) is 11.6. The van der Waals surface area contributed by atoms with Crippen molar-refractivity contribution in [2.24, 2.45) is 0 Å². The molecule has 0 spiro atoms. The summed E-state index contributed by atoms with van der Waals surface area (Å²) in [6.45, 7) is 5.76. The van der Waals surface area contributed by atoms with Crippen LogP contribution in [0.25, 0.3) is 11.6 Å². The number of aromatic nitrogens is 4. The molecular formula is C27H29N5O6S2. The van der Waals surface area contributed by atoms with Crippen LogP contribution in [0.2, 0.25) is 0 Å². The minimum atomic E-state index is -4.15. The first-order valence-electron chi connectivity index (χ1n) is 12.2. The lowest BCUT2D eigenvalue weighted by atomic mass is 10.3. The van der Waals surface area contributed by atoms with E-state index < -0.39 is 10.0 Å². The van der Waals surface area contributed by atoms with Gasteiger partial charge in [-0.2, -0.15) is 4.98 Å². The number of nitrogens with one attached hydrogen (secondary N) is 1. The Balaban J connectivity index is 1.81. The van der Waals surface area contributed by atoms with Crippen molar-refractivity contribution in [1.82, 2.24) is 19.9 Å². The second kappa shape index (κ2) is 12.5. The van der Waals surface area contributed by atoms with Crippen LogP contribution in [0.4, 0.5) is 5.82 Å². The topological polar surface area (TPSA) is 146 Å². The molecule has 210 valence electrons. The molecule has 2 N–H and O–H groups in total. The average molecular weight is 584 g/mol. The molecule has 2 aromatic carbocycles. The second-order valence-electron chi connectivity index (χ2n) is 9.22. The predicted molar refractivity (Wildman–Crippen MR) is 152 cm³/mol. The Morgan fingerprint density at radius 3 is 2.23 bits per heavy atom. The lowest BCUT2D eigenvalue weighted by Crippen LogP contribution is -2.17. The van der Waals surface area contributed by atoms with E-state index >= 15 is 0 Å². The first-order chi connectivity index (χ1) is 19.1. The molecule has 0 aliphatic carbocycles. The van der Waals surface area contributed by atoms with Crippen molar-refractivity contribution in [2.75, 3.05) is 25.0 Å². The van der Waals surface area contributed by atoms with Gasteiger partial charge in [-0.1, -0.05) is 32.9 Å². The third-order valence-electron chi connectivity index (χ3n) is 5.00. The number of aliphatic hydroxyl groups excluding tert-OH is 1. The van der Waals surface area contributed by atoms with E-state index in [0.29, 0.717) is 5.75 Å². The summed E-state index contributed by atoms with van der Waals surface area (Å²) in [5.41, 5.74) is 0. The van der Waals surface area contributed by atoms with Gasteiger partial charge in [0.05, 0.1) is 18.6 Å². The fourth-order valence-electron chi connectivity index (χ4n) is 3.39. The van der Waals surface area contributed by atoms with Gasteiger partial charge in [-0.3, -0.25) is 4.72 Å². The maximum atomic E-state index is 13.5. The molecule has 2 heterocycles. The van der Waals surface area contributed by atoms with Crippen molar-refractivity contribution in [3.63, 3.8) is 0 Å². The van der Waals surface area contributed by atoms with Gasteiger partial charge in [-0.25, -0.2) is 23.4 Å². The largest absolute Gasteiger partial charge is 0.493 e. The summed E-state index contributed by atoms with van der Waals surface area (Å²) >= 11 is 1.62. The Hall–Kier alpha value is -3.94. The zero-order valence-corrected chi connectivity index (χ0v) is 24.0. The Kier molecular flexibility index (Phi) is 9.07. The van der Waals surface area contributed by atoms with Crippen LogP contribution in [0.5, 0.6) is 23.1 Å². The molecule has 0 fully saturated rings. The number of methoxy groups -OCH3 is 1. The first kappa shape index (κ1) is 29.1. The highest BCUT2D eigenvalue weighted by Crippen LogP contribution is 2.41. The highest BCUT2D eigenvalue weighted by molar-refractivity contribution is 8.00. The number of aliphatic hydroxyl groups is 1. The second-order valence-corrected chi connectivity index (χ2v) is 12.8. The molecule has 4 aromatic rings. The zero-order chi connectivity index (χ0) is 28.8. The first-order valence-corrected chi connectivity index (χ1v) is 14.5. The lowest BCUT2D eigenvalue weighted by Gasteiger charge is -2.18. The van der Waals surface area contributed by atoms with E-state index in [9.17, 15) is 13.5 Å². The molecule has 0 aliphatic heterocycles. The van der Waals surface area contributed by atoms with E-state index in [1.165, 1.54) is 31.6 Å². The average Bonchev–Trinajstić information content (AvgIpc) is 2.93. The Bertz CT molecular complexity index is 1550. The number of hydrogen-bond acceptors (Lipinski definition) is 11. The van der Waals surface area contributed by atoms with E-state index in [-0.39, 0.29) is 57.7 Å². The summed E-state index contributed by atoms with van der Waals surface area (Å²) < 4.78 is 46.6. The van der Waals surface area contributed by atoms with E-state index in [2.05, 4.69) is 45.4 Å². The molecule has 0 atom stereocenters. The van der Waals surface area contributed by atoms with E-state index in [4.69, 9.17) is 14.2 Å². The van der Waals surface area contributed by atoms with Crippen molar-refractivity contribution >= 4 is 27.6 Å². The quantitative estimate of drug-likeness (QED) is 0.235. The molecule has 13 heteroatoms. The smallest absolute Gasteiger partial charge is 0.263 e. The fourth-order valence-corrected chi connectivity index (χ4v) is 5.37. The van der Waals surface area contributed by atoms with E-state index in [1.807, 2.05) is 0 Å². The molecule has 0 saturated heterocycles. The Labute approximate surface area is 237 Å². The van der Waals surface area contributed by atoms with Crippen LogP contribution in [0.1, 0.15) is 20.8 Å². The van der Waals surface area contributed by atoms with Crippen LogP contribution in [-0.4, -0.2) is 58.5 Å². The third-order valence-corrected chi connectivity index (χ3v) is 7.48. The monoisotopic (exact) mass is 583 g/mol. The molecule has 11 nitrogen and oxygen atoms in total. The summed E-state index contributed by atoms with van der Waals surface area (Å²) in [4.78, 5) is 18.0. The van der Waals surface area contributed by atoms with Crippen molar-refractivity contribution in [1.29, 1.82) is 0 Å². The lowest BCUT2D eigenvalue weighted by molar-refractivity contribution is 0.192. The molecule has 40 heavy (non-hydrogen) atoms. The zero-order valence-electron chi connectivity index (χ0n) is 22.4. The summed E-state index contributed by atoms with van der Waals surface area (Å²) in [5.74, 6) is 0.263. The molecule has 0 unspecified atom stereocenters. The number of rotatable bonds is 11. The van der Waals surface area contributed by atoms with Crippen LogP contribution in [0.3, 0.4) is 0 Å². The van der Waals surface area contributed by atoms with Gasteiger partial charge in [-0.15, -0.1) is 11.8 Å². The summed E-state index contributed by atoms with van der Waals surface area (Å²) in [5, 5.41) is 9.41.